The summed E-state index contributed by atoms with van der Waals surface area (Å²) in [5, 5.41) is 5.88. The van der Waals surface area contributed by atoms with E-state index >= 15 is 0 Å². The molecule has 12 nitrogen and oxygen atoms in total. The molecule has 0 aliphatic rings. The molecule has 0 fully saturated rings. The molecular formula is C28H28Cl4N8O4S2. The molecule has 0 saturated carbocycles. The fraction of sp³-hybridized carbons (Fsp3) is 0.250. The Hall–Kier alpha value is -3.27. The highest BCUT2D eigenvalue weighted by Crippen LogP contribution is 2.31. The van der Waals surface area contributed by atoms with Crippen molar-refractivity contribution in [1.29, 1.82) is 0 Å². The van der Waals surface area contributed by atoms with E-state index < -0.39 is 11.9 Å². The number of ether oxygens (including phenoxy) is 1. The second kappa shape index (κ2) is 19.4. The minimum Gasteiger partial charge on any atom is -0.394 e. The molecule has 0 bridgehead atoms. The van der Waals surface area contributed by atoms with Crippen LogP contribution in [-0.4, -0.2) is 47.7 Å². The fourth-order valence-electron chi connectivity index (χ4n) is 3.11. The van der Waals surface area contributed by atoms with Crippen molar-refractivity contribution >= 4 is 99.4 Å². The Morgan fingerprint density at radius 2 is 1.13 bits per heavy atom. The molecule has 46 heavy (non-hydrogen) atoms. The van der Waals surface area contributed by atoms with Gasteiger partial charge in [0.2, 0.25) is 5.91 Å². The van der Waals surface area contributed by atoms with Crippen molar-refractivity contribution in [2.45, 2.75) is 56.4 Å². The highest BCUT2D eigenvalue weighted by molar-refractivity contribution is 7.98. The second-order valence-electron chi connectivity index (χ2n) is 8.90. The number of esters is 2. The Labute approximate surface area is 294 Å². The maximum atomic E-state index is 11.1. The lowest BCUT2D eigenvalue weighted by molar-refractivity contribution is -0.156. The number of halogens is 4. The minimum absolute atomic E-state index is 0.177. The largest absolute Gasteiger partial charge is 0.394 e. The van der Waals surface area contributed by atoms with Crippen LogP contribution in [0.4, 0.5) is 11.6 Å². The molecule has 3 N–H and O–H groups in total. The van der Waals surface area contributed by atoms with Gasteiger partial charge < -0.3 is 15.8 Å². The summed E-state index contributed by atoms with van der Waals surface area (Å²) in [6, 6.07) is 3.42. The summed E-state index contributed by atoms with van der Waals surface area (Å²) in [5.74, 6) is 0.720. The van der Waals surface area contributed by atoms with Crippen molar-refractivity contribution in [2.24, 2.45) is 0 Å². The number of pyridine rings is 2. The first-order valence-electron chi connectivity index (χ1n) is 12.9. The molecule has 0 aliphatic heterocycles. The van der Waals surface area contributed by atoms with Gasteiger partial charge >= 0.3 is 11.9 Å². The zero-order valence-electron chi connectivity index (χ0n) is 25.1. The summed E-state index contributed by atoms with van der Waals surface area (Å²) in [6.45, 7) is 7.50. The molecule has 0 atom stereocenters. The second-order valence-corrected chi connectivity index (χ2v) is 12.4. The standard InChI is InChI=1S/C13H12Cl2N4OS.C11H10Cl2N4S.C4H6O3/c1-7-3-12(18-8(2)20)19-13(17-7)21-6-9-10(14)4-16-5-11(9)15;1-6-2-10(14)17-11(16-6)18-5-7-8(12)3-15-4-9(7)13;1-3(5)7-4(2)6/h3-5H,6H2,1-2H3,(H,17,18,19,20);2-4H,5H2,1H3,(H2,14,16,17);1-2H3. The number of hydrogen-bond acceptors (Lipinski definition) is 13. The van der Waals surface area contributed by atoms with E-state index in [9.17, 15) is 14.4 Å². The van der Waals surface area contributed by atoms with E-state index in [0.717, 1.165) is 22.5 Å². The van der Waals surface area contributed by atoms with Gasteiger partial charge in [0.1, 0.15) is 11.6 Å². The van der Waals surface area contributed by atoms with Crippen LogP contribution in [0.5, 0.6) is 0 Å². The smallest absolute Gasteiger partial charge is 0.310 e. The highest BCUT2D eigenvalue weighted by Gasteiger charge is 2.11. The van der Waals surface area contributed by atoms with Gasteiger partial charge in [-0.1, -0.05) is 69.9 Å². The molecule has 4 heterocycles. The SMILES string of the molecule is CC(=O)Nc1cc(C)nc(SCc2c(Cl)cncc2Cl)n1.CC(=O)OC(C)=O.Cc1cc(N)nc(SCc2c(Cl)cncc2Cl)n1. The Morgan fingerprint density at radius 1 is 0.717 bits per heavy atom. The molecule has 1 amide bonds. The lowest BCUT2D eigenvalue weighted by Gasteiger charge is -2.07. The number of aryl methyl sites for hydroxylation is 2. The lowest BCUT2D eigenvalue weighted by Crippen LogP contribution is -2.08. The Bertz CT molecular complexity index is 1630. The molecule has 0 radical (unpaired) electrons. The maximum absolute atomic E-state index is 11.1. The van der Waals surface area contributed by atoms with Gasteiger partial charge in [-0.3, -0.25) is 24.4 Å². The van der Waals surface area contributed by atoms with Gasteiger partial charge in [0.25, 0.3) is 0 Å². The molecule has 0 saturated heterocycles. The van der Waals surface area contributed by atoms with Crippen LogP contribution in [0.1, 0.15) is 43.3 Å². The number of hydrogen-bond donors (Lipinski definition) is 2. The number of carbonyl (C=O) groups excluding carboxylic acids is 3. The summed E-state index contributed by atoms with van der Waals surface area (Å²) in [4.78, 5) is 55.5. The van der Waals surface area contributed by atoms with Gasteiger partial charge in [0.15, 0.2) is 10.3 Å². The van der Waals surface area contributed by atoms with Crippen LogP contribution in [0.15, 0.2) is 47.2 Å². The number of thioether (sulfide) groups is 2. The van der Waals surface area contributed by atoms with E-state index in [1.54, 1.807) is 36.9 Å². The molecule has 4 aromatic heterocycles. The van der Waals surface area contributed by atoms with E-state index in [0.29, 0.717) is 53.5 Å². The van der Waals surface area contributed by atoms with Gasteiger partial charge in [-0.2, -0.15) is 0 Å². The predicted octanol–water partition coefficient (Wildman–Crippen LogP) is 7.19. The van der Waals surface area contributed by atoms with Crippen LogP contribution >= 0.6 is 69.9 Å². The van der Waals surface area contributed by atoms with E-state index in [1.165, 1.54) is 44.3 Å². The van der Waals surface area contributed by atoms with Crippen LogP contribution in [-0.2, 0) is 30.6 Å². The number of carbonyl (C=O) groups is 3. The van der Waals surface area contributed by atoms with Crippen LogP contribution in [0, 0.1) is 13.8 Å². The van der Waals surface area contributed by atoms with Crippen molar-refractivity contribution < 1.29 is 19.1 Å². The third-order valence-electron chi connectivity index (χ3n) is 4.87. The number of aromatic nitrogens is 6. The fourth-order valence-corrected chi connectivity index (χ4v) is 6.34. The van der Waals surface area contributed by atoms with E-state index in [2.05, 4.69) is 40.0 Å². The van der Waals surface area contributed by atoms with Crippen LogP contribution in [0.3, 0.4) is 0 Å². The number of nitrogens with one attached hydrogen (secondary N) is 1. The Morgan fingerprint density at radius 3 is 1.50 bits per heavy atom. The summed E-state index contributed by atoms with van der Waals surface area (Å²) in [7, 11) is 0. The monoisotopic (exact) mass is 744 g/mol. The first kappa shape index (κ1) is 38.9. The molecular weight excluding hydrogens is 718 g/mol. The average molecular weight is 747 g/mol. The van der Waals surface area contributed by atoms with Gasteiger partial charge in [-0.15, -0.1) is 0 Å². The third kappa shape index (κ3) is 14.4. The van der Waals surface area contributed by atoms with Crippen LogP contribution in [0.25, 0.3) is 0 Å². The lowest BCUT2D eigenvalue weighted by atomic mass is 10.3. The number of nitrogens with two attached hydrogens (primary N) is 1. The van der Waals surface area contributed by atoms with Gasteiger partial charge in [0, 0.05) is 91.7 Å². The molecule has 0 aliphatic carbocycles. The first-order chi connectivity index (χ1) is 21.6. The molecule has 0 unspecified atom stereocenters. The topological polar surface area (TPSA) is 176 Å². The van der Waals surface area contributed by atoms with Crippen LogP contribution in [0.2, 0.25) is 20.1 Å². The van der Waals surface area contributed by atoms with E-state index in [4.69, 9.17) is 52.1 Å². The van der Waals surface area contributed by atoms with E-state index in [-0.39, 0.29) is 5.91 Å². The highest BCUT2D eigenvalue weighted by atomic mass is 35.5. The quantitative estimate of drug-likeness (QED) is 0.0842. The summed E-state index contributed by atoms with van der Waals surface area (Å²) in [6.07, 6.45) is 6.22. The number of nitrogen functional groups attached to an aromatic ring is 1. The van der Waals surface area contributed by atoms with Crippen LogP contribution < -0.4 is 11.1 Å². The van der Waals surface area contributed by atoms with Crippen molar-refractivity contribution in [3.8, 4) is 0 Å². The molecule has 0 aromatic carbocycles. The molecule has 18 heteroatoms. The van der Waals surface area contributed by atoms with Crippen molar-refractivity contribution in [1.82, 2.24) is 29.9 Å². The molecule has 244 valence electrons. The summed E-state index contributed by atoms with van der Waals surface area (Å²) in [5.41, 5.74) is 8.86. The predicted molar refractivity (Wildman–Crippen MR) is 182 cm³/mol. The summed E-state index contributed by atoms with van der Waals surface area (Å²) >= 11 is 27.0. The summed E-state index contributed by atoms with van der Waals surface area (Å²) < 4.78 is 3.97. The normalized spacial score (nSPS) is 10.1. The molecule has 4 rings (SSSR count). The minimum atomic E-state index is -0.562. The number of anilines is 2. The molecule has 4 aromatic rings. The zero-order chi connectivity index (χ0) is 34.4. The van der Waals surface area contributed by atoms with Crippen molar-refractivity contribution in [3.05, 3.63) is 79.5 Å². The first-order valence-corrected chi connectivity index (χ1v) is 16.4. The van der Waals surface area contributed by atoms with Crippen molar-refractivity contribution in [2.75, 3.05) is 11.1 Å². The Balaban J connectivity index is 0.000000268. The van der Waals surface area contributed by atoms with E-state index in [1.807, 2.05) is 13.8 Å². The van der Waals surface area contributed by atoms with Gasteiger partial charge in [-0.05, 0) is 13.8 Å². The van der Waals surface area contributed by atoms with Crippen molar-refractivity contribution in [3.63, 3.8) is 0 Å². The third-order valence-corrected chi connectivity index (χ3v) is 7.93. The Kier molecular flexibility index (Phi) is 16.4. The number of nitrogens with zero attached hydrogens (tertiary/aromatic N) is 6. The molecule has 0 spiro atoms. The zero-order valence-corrected chi connectivity index (χ0v) is 29.8. The maximum Gasteiger partial charge on any atom is 0.310 e. The number of rotatable bonds is 7. The average Bonchev–Trinajstić information content (AvgIpc) is 2.91. The van der Waals surface area contributed by atoms with Gasteiger partial charge in [-0.25, -0.2) is 19.9 Å². The number of amides is 1. The van der Waals surface area contributed by atoms with Gasteiger partial charge in [0.05, 0.1) is 20.1 Å².